The molecule has 0 radical (unpaired) electrons. The van der Waals surface area contributed by atoms with Crippen LogP contribution in [0.25, 0.3) is 0 Å². The summed E-state index contributed by atoms with van der Waals surface area (Å²) in [6.45, 7) is 2.63. The fourth-order valence-electron chi connectivity index (χ4n) is 1.60. The molecule has 106 valence electrons. The van der Waals surface area contributed by atoms with Gasteiger partial charge in [-0.1, -0.05) is 29.3 Å². The van der Waals surface area contributed by atoms with E-state index >= 15 is 0 Å². The largest absolute Gasteiger partial charge is 0.494 e. The third-order valence-corrected chi connectivity index (χ3v) is 3.14. The second-order valence-electron chi connectivity index (χ2n) is 3.97. The van der Waals surface area contributed by atoms with Crippen LogP contribution in [0.4, 0.5) is 0 Å². The first-order chi connectivity index (χ1) is 9.60. The molecule has 2 rings (SSSR count). The SMILES string of the molecule is CCOc1cccc(OCc2[nH]c(=O)c(Cl)cc2Cl)c1. The monoisotopic (exact) mass is 313 g/mol. The first-order valence-electron chi connectivity index (χ1n) is 6.03. The molecule has 20 heavy (non-hydrogen) atoms. The Morgan fingerprint density at radius 2 is 1.80 bits per heavy atom. The van der Waals surface area contributed by atoms with Gasteiger partial charge >= 0.3 is 0 Å². The van der Waals surface area contributed by atoms with E-state index in [-0.39, 0.29) is 11.6 Å². The minimum atomic E-state index is -0.391. The highest BCUT2D eigenvalue weighted by Gasteiger charge is 2.06. The molecule has 0 unspecified atom stereocenters. The second kappa shape index (κ2) is 6.68. The molecule has 0 bridgehead atoms. The molecule has 0 spiro atoms. The van der Waals surface area contributed by atoms with Crippen molar-refractivity contribution in [3.63, 3.8) is 0 Å². The smallest absolute Gasteiger partial charge is 0.267 e. The lowest BCUT2D eigenvalue weighted by molar-refractivity contribution is 0.295. The van der Waals surface area contributed by atoms with Crippen molar-refractivity contribution in [2.75, 3.05) is 6.61 Å². The maximum absolute atomic E-state index is 11.4. The molecule has 0 aliphatic carbocycles. The van der Waals surface area contributed by atoms with Crippen LogP contribution in [0.1, 0.15) is 12.6 Å². The van der Waals surface area contributed by atoms with Crippen molar-refractivity contribution >= 4 is 23.2 Å². The van der Waals surface area contributed by atoms with Gasteiger partial charge in [0.2, 0.25) is 0 Å². The highest BCUT2D eigenvalue weighted by Crippen LogP contribution is 2.22. The molecule has 1 aromatic heterocycles. The summed E-state index contributed by atoms with van der Waals surface area (Å²) in [5.41, 5.74) is 0.0839. The number of rotatable bonds is 5. The van der Waals surface area contributed by atoms with Gasteiger partial charge in [0.05, 0.1) is 17.3 Å². The Kier molecular flexibility index (Phi) is 4.93. The normalized spacial score (nSPS) is 10.3. The van der Waals surface area contributed by atoms with Crippen molar-refractivity contribution in [1.82, 2.24) is 4.98 Å². The lowest BCUT2D eigenvalue weighted by Gasteiger charge is -2.09. The predicted octanol–water partition coefficient (Wildman–Crippen LogP) is 3.66. The summed E-state index contributed by atoms with van der Waals surface area (Å²) >= 11 is 11.7. The van der Waals surface area contributed by atoms with Crippen LogP contribution in [-0.2, 0) is 6.61 Å². The quantitative estimate of drug-likeness (QED) is 0.916. The number of aromatic nitrogens is 1. The highest BCUT2D eigenvalue weighted by atomic mass is 35.5. The minimum absolute atomic E-state index is 0.0529. The summed E-state index contributed by atoms with van der Waals surface area (Å²) in [5, 5.41) is 0.410. The topological polar surface area (TPSA) is 51.3 Å². The van der Waals surface area contributed by atoms with Gasteiger partial charge < -0.3 is 14.5 Å². The molecular formula is C14H13Cl2NO3. The molecule has 1 N–H and O–H groups in total. The molecule has 0 aliphatic rings. The summed E-state index contributed by atoms with van der Waals surface area (Å²) < 4.78 is 11.0. The van der Waals surface area contributed by atoms with Crippen LogP contribution in [0.2, 0.25) is 10.0 Å². The Labute approximate surface area is 126 Å². The molecule has 2 aromatic rings. The van der Waals surface area contributed by atoms with Crippen molar-refractivity contribution in [1.29, 1.82) is 0 Å². The summed E-state index contributed by atoms with van der Waals surface area (Å²) in [7, 11) is 0. The zero-order valence-electron chi connectivity index (χ0n) is 10.8. The third kappa shape index (κ3) is 3.68. The predicted molar refractivity (Wildman–Crippen MR) is 79.0 cm³/mol. The average Bonchev–Trinajstić information content (AvgIpc) is 2.42. The van der Waals surface area contributed by atoms with Crippen LogP contribution >= 0.6 is 23.2 Å². The lowest BCUT2D eigenvalue weighted by Crippen LogP contribution is -2.11. The summed E-state index contributed by atoms with van der Waals surface area (Å²) in [6, 6.07) is 8.63. The van der Waals surface area contributed by atoms with E-state index in [1.165, 1.54) is 6.07 Å². The van der Waals surface area contributed by atoms with Crippen LogP contribution in [0.5, 0.6) is 11.5 Å². The zero-order chi connectivity index (χ0) is 14.5. The van der Waals surface area contributed by atoms with E-state index in [0.717, 1.165) is 5.75 Å². The Bertz CT molecular complexity index is 655. The lowest BCUT2D eigenvalue weighted by atomic mass is 10.3. The van der Waals surface area contributed by atoms with Gasteiger partial charge in [-0.15, -0.1) is 0 Å². The van der Waals surface area contributed by atoms with Crippen LogP contribution in [0.15, 0.2) is 35.1 Å². The molecule has 0 amide bonds. The maximum Gasteiger partial charge on any atom is 0.267 e. The number of benzene rings is 1. The van der Waals surface area contributed by atoms with Crippen LogP contribution in [0, 0.1) is 0 Å². The van der Waals surface area contributed by atoms with Gasteiger partial charge in [0.25, 0.3) is 5.56 Å². The Morgan fingerprint density at radius 3 is 2.50 bits per heavy atom. The number of hydrogen-bond donors (Lipinski definition) is 1. The molecule has 0 atom stereocenters. The molecule has 4 nitrogen and oxygen atoms in total. The Morgan fingerprint density at radius 1 is 1.10 bits per heavy atom. The number of pyridine rings is 1. The summed E-state index contributed by atoms with van der Waals surface area (Å²) in [6.07, 6.45) is 0. The van der Waals surface area contributed by atoms with Crippen LogP contribution in [0.3, 0.4) is 0 Å². The van der Waals surface area contributed by atoms with Gasteiger partial charge in [0.15, 0.2) is 0 Å². The van der Waals surface area contributed by atoms with Gasteiger partial charge in [0.1, 0.15) is 23.1 Å². The molecule has 0 saturated carbocycles. The third-order valence-electron chi connectivity index (χ3n) is 2.52. The van der Waals surface area contributed by atoms with E-state index in [0.29, 0.717) is 23.1 Å². The van der Waals surface area contributed by atoms with Crippen molar-refractivity contribution in [3.8, 4) is 11.5 Å². The van der Waals surface area contributed by atoms with Crippen molar-refractivity contribution < 1.29 is 9.47 Å². The standard InChI is InChI=1S/C14H13Cl2NO3/c1-2-19-9-4-3-5-10(6-9)20-8-13-11(15)7-12(16)14(18)17-13/h3-7H,2,8H2,1H3,(H,17,18). The average molecular weight is 314 g/mol. The van der Waals surface area contributed by atoms with Gasteiger partial charge in [-0.25, -0.2) is 0 Å². The van der Waals surface area contributed by atoms with E-state index in [1.807, 2.05) is 19.1 Å². The molecule has 0 fully saturated rings. The first-order valence-corrected chi connectivity index (χ1v) is 6.78. The summed E-state index contributed by atoms with van der Waals surface area (Å²) in [5.74, 6) is 1.35. The van der Waals surface area contributed by atoms with E-state index in [2.05, 4.69) is 4.98 Å². The van der Waals surface area contributed by atoms with E-state index < -0.39 is 5.56 Å². The number of hydrogen-bond acceptors (Lipinski definition) is 3. The fourth-order valence-corrected chi connectivity index (χ4v) is 2.02. The number of halogens is 2. The van der Waals surface area contributed by atoms with Crippen LogP contribution in [-0.4, -0.2) is 11.6 Å². The van der Waals surface area contributed by atoms with Crippen molar-refractivity contribution in [3.05, 3.63) is 56.4 Å². The van der Waals surface area contributed by atoms with Gasteiger partial charge in [-0.05, 0) is 25.1 Å². The molecule has 1 aromatic carbocycles. The Balaban J connectivity index is 2.10. The van der Waals surface area contributed by atoms with E-state index in [4.69, 9.17) is 32.7 Å². The fraction of sp³-hybridized carbons (Fsp3) is 0.214. The number of nitrogens with one attached hydrogen (secondary N) is 1. The van der Waals surface area contributed by atoms with Gasteiger partial charge in [-0.2, -0.15) is 0 Å². The summed E-state index contributed by atoms with van der Waals surface area (Å²) in [4.78, 5) is 14.0. The molecule has 0 aliphatic heterocycles. The molecule has 0 saturated heterocycles. The maximum atomic E-state index is 11.4. The molecule has 1 heterocycles. The number of aromatic amines is 1. The van der Waals surface area contributed by atoms with Gasteiger partial charge in [-0.3, -0.25) is 4.79 Å². The van der Waals surface area contributed by atoms with Gasteiger partial charge in [0, 0.05) is 6.07 Å². The van der Waals surface area contributed by atoms with E-state index in [9.17, 15) is 4.79 Å². The zero-order valence-corrected chi connectivity index (χ0v) is 12.3. The number of ether oxygens (including phenoxy) is 2. The van der Waals surface area contributed by atoms with Crippen molar-refractivity contribution in [2.24, 2.45) is 0 Å². The number of H-pyrrole nitrogens is 1. The van der Waals surface area contributed by atoms with Crippen molar-refractivity contribution in [2.45, 2.75) is 13.5 Å². The minimum Gasteiger partial charge on any atom is -0.494 e. The highest BCUT2D eigenvalue weighted by molar-refractivity contribution is 6.34. The van der Waals surface area contributed by atoms with E-state index in [1.54, 1.807) is 12.1 Å². The molecule has 6 heteroatoms. The second-order valence-corrected chi connectivity index (χ2v) is 4.78. The molecular weight excluding hydrogens is 301 g/mol. The first kappa shape index (κ1) is 14.8. The van der Waals surface area contributed by atoms with Crippen LogP contribution < -0.4 is 15.0 Å². The Hall–Kier alpha value is -1.65.